The number of aryl methyl sites for hydroxylation is 2. The summed E-state index contributed by atoms with van der Waals surface area (Å²) in [6.07, 6.45) is 1.58. The third kappa shape index (κ3) is 5.99. The summed E-state index contributed by atoms with van der Waals surface area (Å²) >= 11 is 0. The molecule has 122 valence electrons. The number of aromatic nitrogens is 1. The maximum Gasteiger partial charge on any atom is 0.409 e. The predicted octanol–water partition coefficient (Wildman–Crippen LogP) is 1.38. The van der Waals surface area contributed by atoms with Gasteiger partial charge in [0.05, 0.1) is 6.61 Å². The molecule has 0 saturated carbocycles. The normalized spacial score (nSPS) is 14.9. The number of carbonyl (C=O) groups excluding carboxylic acids is 1. The van der Waals surface area contributed by atoms with Gasteiger partial charge in [0.1, 0.15) is 6.61 Å². The minimum Gasteiger partial charge on any atom is -0.447 e. The number of nitrogens with zero attached hydrogens (tertiary/aromatic N) is 2. The monoisotopic (exact) mass is 307 g/mol. The van der Waals surface area contributed by atoms with Gasteiger partial charge < -0.3 is 19.7 Å². The van der Waals surface area contributed by atoms with E-state index in [1.165, 1.54) is 0 Å². The number of piperazine rings is 1. The lowest BCUT2D eigenvalue weighted by Crippen LogP contribution is -2.46. The average Bonchev–Trinajstić information content (AvgIpc) is 2.54. The zero-order valence-corrected chi connectivity index (χ0v) is 13.2. The van der Waals surface area contributed by atoms with Gasteiger partial charge in [-0.3, -0.25) is 4.98 Å². The van der Waals surface area contributed by atoms with Gasteiger partial charge in [0.25, 0.3) is 0 Å². The summed E-state index contributed by atoms with van der Waals surface area (Å²) in [4.78, 5) is 17.9. The molecule has 1 aromatic heterocycles. The van der Waals surface area contributed by atoms with Crippen molar-refractivity contribution in [3.05, 3.63) is 29.6 Å². The van der Waals surface area contributed by atoms with Crippen LogP contribution < -0.4 is 5.32 Å². The van der Waals surface area contributed by atoms with Crippen LogP contribution in [0.25, 0.3) is 0 Å². The van der Waals surface area contributed by atoms with Crippen LogP contribution in [-0.4, -0.2) is 62.0 Å². The van der Waals surface area contributed by atoms with E-state index in [1.807, 2.05) is 25.1 Å². The van der Waals surface area contributed by atoms with Crippen molar-refractivity contribution in [3.63, 3.8) is 0 Å². The lowest BCUT2D eigenvalue weighted by Gasteiger charge is -2.26. The summed E-state index contributed by atoms with van der Waals surface area (Å²) in [5.41, 5.74) is 2.13. The van der Waals surface area contributed by atoms with Crippen LogP contribution in [-0.2, 0) is 15.9 Å². The Morgan fingerprint density at radius 3 is 2.86 bits per heavy atom. The third-order valence-corrected chi connectivity index (χ3v) is 3.50. The van der Waals surface area contributed by atoms with Crippen molar-refractivity contribution in [2.75, 3.05) is 46.0 Å². The summed E-state index contributed by atoms with van der Waals surface area (Å²) < 4.78 is 10.7. The van der Waals surface area contributed by atoms with E-state index in [-0.39, 0.29) is 6.09 Å². The molecule has 6 nitrogen and oxygen atoms in total. The number of rotatable bonds is 7. The Morgan fingerprint density at radius 2 is 2.09 bits per heavy atom. The second-order valence-corrected chi connectivity index (χ2v) is 5.34. The molecule has 1 fully saturated rings. The molecule has 0 radical (unpaired) electrons. The number of pyridine rings is 1. The van der Waals surface area contributed by atoms with Crippen molar-refractivity contribution in [2.45, 2.75) is 19.8 Å². The molecule has 1 aliphatic rings. The number of amides is 1. The van der Waals surface area contributed by atoms with Crippen LogP contribution in [0.15, 0.2) is 18.2 Å². The maximum atomic E-state index is 11.7. The lowest BCUT2D eigenvalue weighted by atomic mass is 10.2. The van der Waals surface area contributed by atoms with Crippen molar-refractivity contribution in [1.29, 1.82) is 0 Å². The largest absolute Gasteiger partial charge is 0.447 e. The fourth-order valence-corrected chi connectivity index (χ4v) is 2.32. The van der Waals surface area contributed by atoms with Gasteiger partial charge in [-0.25, -0.2) is 4.79 Å². The van der Waals surface area contributed by atoms with Gasteiger partial charge in [0.15, 0.2) is 0 Å². The van der Waals surface area contributed by atoms with E-state index in [9.17, 15) is 4.79 Å². The zero-order valence-electron chi connectivity index (χ0n) is 13.2. The van der Waals surface area contributed by atoms with Crippen molar-refractivity contribution >= 4 is 6.09 Å². The zero-order chi connectivity index (χ0) is 15.6. The number of ether oxygens (including phenoxy) is 2. The molecular weight excluding hydrogens is 282 g/mol. The first-order chi connectivity index (χ1) is 10.8. The summed E-state index contributed by atoms with van der Waals surface area (Å²) in [6.45, 7) is 6.49. The molecule has 0 unspecified atom stereocenters. The molecule has 1 N–H and O–H groups in total. The van der Waals surface area contributed by atoms with Gasteiger partial charge in [-0.2, -0.15) is 0 Å². The molecule has 22 heavy (non-hydrogen) atoms. The van der Waals surface area contributed by atoms with E-state index in [0.717, 1.165) is 37.3 Å². The van der Waals surface area contributed by atoms with E-state index in [2.05, 4.69) is 10.3 Å². The summed E-state index contributed by atoms with van der Waals surface area (Å²) in [5, 5.41) is 3.20. The molecular formula is C16H25N3O3. The first kappa shape index (κ1) is 16.7. The molecule has 0 aliphatic carbocycles. The van der Waals surface area contributed by atoms with Crippen LogP contribution >= 0.6 is 0 Å². The molecule has 1 aromatic rings. The molecule has 6 heteroatoms. The average molecular weight is 307 g/mol. The number of hydrogen-bond acceptors (Lipinski definition) is 5. The van der Waals surface area contributed by atoms with E-state index < -0.39 is 0 Å². The second-order valence-electron chi connectivity index (χ2n) is 5.34. The van der Waals surface area contributed by atoms with Crippen molar-refractivity contribution in [2.24, 2.45) is 0 Å². The molecule has 2 heterocycles. The Balaban J connectivity index is 1.48. The highest BCUT2D eigenvalue weighted by atomic mass is 16.6. The molecule has 2 rings (SSSR count). The summed E-state index contributed by atoms with van der Waals surface area (Å²) in [6, 6.07) is 6.04. The number of carbonyl (C=O) groups is 1. The van der Waals surface area contributed by atoms with Gasteiger partial charge in [-0.05, 0) is 31.9 Å². The van der Waals surface area contributed by atoms with E-state index >= 15 is 0 Å². The molecule has 0 spiro atoms. The summed E-state index contributed by atoms with van der Waals surface area (Å²) in [5.74, 6) is 0. The van der Waals surface area contributed by atoms with Crippen LogP contribution in [0.2, 0.25) is 0 Å². The number of hydrogen-bond donors (Lipinski definition) is 1. The second kappa shape index (κ2) is 9.38. The van der Waals surface area contributed by atoms with Crippen LogP contribution in [0, 0.1) is 6.92 Å². The predicted molar refractivity (Wildman–Crippen MR) is 83.9 cm³/mol. The standard InChI is InChI=1S/C16H25N3O3/c1-14-4-2-5-15(18-14)6-3-11-21-12-13-22-16(20)19-9-7-17-8-10-19/h2,4-5,17H,3,6-13H2,1H3. The van der Waals surface area contributed by atoms with Gasteiger partial charge in [-0.15, -0.1) is 0 Å². The first-order valence-corrected chi connectivity index (χ1v) is 7.88. The minimum atomic E-state index is -0.242. The Bertz CT molecular complexity index is 462. The molecule has 0 atom stereocenters. The minimum absolute atomic E-state index is 0.242. The highest BCUT2D eigenvalue weighted by molar-refractivity contribution is 5.67. The van der Waals surface area contributed by atoms with Gasteiger partial charge in [0.2, 0.25) is 0 Å². The third-order valence-electron chi connectivity index (χ3n) is 3.50. The Morgan fingerprint density at radius 1 is 1.27 bits per heavy atom. The first-order valence-electron chi connectivity index (χ1n) is 7.88. The summed E-state index contributed by atoms with van der Waals surface area (Å²) in [7, 11) is 0. The van der Waals surface area contributed by atoms with Gasteiger partial charge in [-0.1, -0.05) is 6.07 Å². The Hall–Kier alpha value is -1.66. The fraction of sp³-hybridized carbons (Fsp3) is 0.625. The van der Waals surface area contributed by atoms with Gasteiger partial charge >= 0.3 is 6.09 Å². The van der Waals surface area contributed by atoms with Crippen LogP contribution in [0.4, 0.5) is 4.79 Å². The molecule has 1 amide bonds. The van der Waals surface area contributed by atoms with E-state index in [1.54, 1.807) is 4.90 Å². The van der Waals surface area contributed by atoms with Crippen LogP contribution in [0.1, 0.15) is 17.8 Å². The maximum absolute atomic E-state index is 11.7. The highest BCUT2D eigenvalue weighted by Gasteiger charge is 2.16. The van der Waals surface area contributed by atoms with Gasteiger partial charge in [0, 0.05) is 44.2 Å². The Kier molecular flexibility index (Phi) is 7.12. The highest BCUT2D eigenvalue weighted by Crippen LogP contribution is 2.02. The van der Waals surface area contributed by atoms with Crippen molar-refractivity contribution < 1.29 is 14.3 Å². The number of nitrogens with one attached hydrogen (secondary N) is 1. The van der Waals surface area contributed by atoms with Crippen LogP contribution in [0.3, 0.4) is 0 Å². The molecule has 1 aliphatic heterocycles. The topological polar surface area (TPSA) is 63.7 Å². The quantitative estimate of drug-likeness (QED) is 0.771. The lowest BCUT2D eigenvalue weighted by molar-refractivity contribution is 0.0523. The molecule has 0 aromatic carbocycles. The SMILES string of the molecule is Cc1cccc(CCCOCCOC(=O)N2CCNCC2)n1. The molecule has 1 saturated heterocycles. The Labute approximate surface area is 131 Å². The molecule has 0 bridgehead atoms. The van der Waals surface area contributed by atoms with Crippen LogP contribution in [0.5, 0.6) is 0 Å². The van der Waals surface area contributed by atoms with Crippen molar-refractivity contribution in [3.8, 4) is 0 Å². The van der Waals surface area contributed by atoms with Crippen molar-refractivity contribution in [1.82, 2.24) is 15.2 Å². The van der Waals surface area contributed by atoms with E-state index in [4.69, 9.17) is 9.47 Å². The fourth-order valence-electron chi connectivity index (χ4n) is 2.32. The van der Waals surface area contributed by atoms with E-state index in [0.29, 0.717) is 32.9 Å². The smallest absolute Gasteiger partial charge is 0.409 e.